The van der Waals surface area contributed by atoms with Crippen molar-refractivity contribution in [2.45, 2.75) is 34.6 Å². The molecule has 0 fully saturated rings. The van der Waals surface area contributed by atoms with Gasteiger partial charge in [0.15, 0.2) is 11.6 Å². The van der Waals surface area contributed by atoms with E-state index < -0.39 is 0 Å². The molecule has 0 saturated heterocycles. The Bertz CT molecular complexity index is 464. The molecule has 17 heavy (non-hydrogen) atoms. The maximum absolute atomic E-state index is 11.7. The van der Waals surface area contributed by atoms with Crippen LogP contribution >= 0.6 is 0 Å². The lowest BCUT2D eigenvalue weighted by Crippen LogP contribution is -2.16. The summed E-state index contributed by atoms with van der Waals surface area (Å²) in [6.45, 7) is 8.45. The van der Waals surface area contributed by atoms with Crippen LogP contribution in [0.15, 0.2) is 0 Å². The van der Waals surface area contributed by atoms with Gasteiger partial charge in [-0.05, 0) is 51.3 Å². The molecule has 1 aromatic carbocycles. The van der Waals surface area contributed by atoms with Crippen LogP contribution in [0.3, 0.4) is 0 Å². The van der Waals surface area contributed by atoms with E-state index in [-0.39, 0.29) is 11.6 Å². The van der Waals surface area contributed by atoms with Crippen molar-refractivity contribution in [3.05, 3.63) is 27.8 Å². The molecule has 0 bridgehead atoms. The summed E-state index contributed by atoms with van der Waals surface area (Å²) >= 11 is 0. The van der Waals surface area contributed by atoms with Gasteiger partial charge in [-0.1, -0.05) is 0 Å². The zero-order valence-electron chi connectivity index (χ0n) is 10.9. The van der Waals surface area contributed by atoms with Crippen molar-refractivity contribution in [2.75, 3.05) is 5.43 Å². The highest BCUT2D eigenvalue weighted by atomic mass is 16.1. The van der Waals surface area contributed by atoms with Crippen LogP contribution < -0.4 is 11.3 Å². The summed E-state index contributed by atoms with van der Waals surface area (Å²) in [5, 5.41) is 0. The zero-order chi connectivity index (χ0) is 13.3. The first-order chi connectivity index (χ1) is 7.82. The molecule has 0 heterocycles. The Hall–Kier alpha value is -1.68. The highest BCUT2D eigenvalue weighted by Crippen LogP contribution is 2.31. The van der Waals surface area contributed by atoms with Crippen LogP contribution in [0.2, 0.25) is 0 Å². The number of nitrogens with two attached hydrogens (primary N) is 1. The number of benzene rings is 1. The molecule has 0 unspecified atom stereocenters. The minimum Gasteiger partial charge on any atom is -0.324 e. The second-order valence-electron chi connectivity index (χ2n) is 4.26. The molecule has 0 amide bonds. The number of ketones is 2. The van der Waals surface area contributed by atoms with E-state index in [1.54, 1.807) is 6.92 Å². The van der Waals surface area contributed by atoms with Gasteiger partial charge in [-0.15, -0.1) is 0 Å². The summed E-state index contributed by atoms with van der Waals surface area (Å²) in [5.74, 6) is 5.35. The number of hydrazine groups is 1. The normalized spacial score (nSPS) is 10.2. The molecule has 0 aromatic heterocycles. The number of rotatable bonds is 3. The van der Waals surface area contributed by atoms with E-state index in [1.807, 2.05) is 13.8 Å². The number of carbonyl (C=O) groups is 2. The predicted octanol–water partition coefficient (Wildman–Crippen LogP) is 2.30. The Labute approximate surface area is 101 Å². The summed E-state index contributed by atoms with van der Waals surface area (Å²) in [7, 11) is 0. The fraction of sp³-hybridized carbons (Fsp3) is 0.385. The van der Waals surface area contributed by atoms with Gasteiger partial charge in [-0.2, -0.15) is 0 Å². The highest BCUT2D eigenvalue weighted by molar-refractivity contribution is 6.06. The number of hydrogen-bond donors (Lipinski definition) is 2. The Balaban J connectivity index is 3.82. The maximum atomic E-state index is 11.7. The molecule has 4 heteroatoms. The molecule has 92 valence electrons. The van der Waals surface area contributed by atoms with Gasteiger partial charge in [0.05, 0.1) is 5.69 Å². The topological polar surface area (TPSA) is 72.2 Å². The molecule has 1 rings (SSSR count). The molecule has 0 spiro atoms. The molecule has 0 aliphatic heterocycles. The van der Waals surface area contributed by atoms with Crippen molar-refractivity contribution in [3.8, 4) is 0 Å². The van der Waals surface area contributed by atoms with E-state index in [2.05, 4.69) is 5.43 Å². The van der Waals surface area contributed by atoms with Crippen molar-refractivity contribution in [1.29, 1.82) is 0 Å². The van der Waals surface area contributed by atoms with Crippen molar-refractivity contribution >= 4 is 17.3 Å². The highest BCUT2D eigenvalue weighted by Gasteiger charge is 2.21. The van der Waals surface area contributed by atoms with Gasteiger partial charge >= 0.3 is 0 Å². The van der Waals surface area contributed by atoms with Crippen molar-refractivity contribution in [3.63, 3.8) is 0 Å². The molecule has 3 N–H and O–H groups in total. The van der Waals surface area contributed by atoms with Gasteiger partial charge in [0.25, 0.3) is 0 Å². The summed E-state index contributed by atoms with van der Waals surface area (Å²) < 4.78 is 0. The molecule has 0 atom stereocenters. The van der Waals surface area contributed by atoms with Crippen molar-refractivity contribution in [1.82, 2.24) is 0 Å². The summed E-state index contributed by atoms with van der Waals surface area (Å²) in [4.78, 5) is 23.3. The molecule has 0 radical (unpaired) electrons. The van der Waals surface area contributed by atoms with Gasteiger partial charge in [-0.3, -0.25) is 15.4 Å². The Morgan fingerprint density at radius 1 is 0.882 bits per heavy atom. The molecule has 0 saturated carbocycles. The molecular formula is C13H18N2O2. The third-order valence-corrected chi connectivity index (χ3v) is 3.10. The van der Waals surface area contributed by atoms with Crippen LogP contribution in [0.5, 0.6) is 0 Å². The lowest BCUT2D eigenvalue weighted by molar-refractivity contribution is 0.101. The standard InChI is InChI=1S/C13H18N2O2/c1-6-11(9(4)16)7(2)13(15-14)8(3)12(6)10(5)17/h15H,14H2,1-5H3. The predicted molar refractivity (Wildman–Crippen MR) is 68.5 cm³/mol. The minimum atomic E-state index is -0.0565. The molecular weight excluding hydrogens is 216 g/mol. The third-order valence-electron chi connectivity index (χ3n) is 3.10. The van der Waals surface area contributed by atoms with Gasteiger partial charge in [0.2, 0.25) is 0 Å². The number of nitrogen functional groups attached to an aromatic ring is 1. The molecule has 1 aromatic rings. The second kappa shape index (κ2) is 4.67. The molecule has 0 aliphatic rings. The van der Waals surface area contributed by atoms with E-state index >= 15 is 0 Å². The van der Waals surface area contributed by atoms with Crippen molar-refractivity contribution < 1.29 is 9.59 Å². The number of hydrogen-bond acceptors (Lipinski definition) is 4. The first kappa shape index (κ1) is 13.4. The minimum absolute atomic E-state index is 0.0565. The van der Waals surface area contributed by atoms with E-state index in [4.69, 9.17) is 5.84 Å². The largest absolute Gasteiger partial charge is 0.324 e. The third kappa shape index (κ3) is 2.08. The van der Waals surface area contributed by atoms with E-state index in [9.17, 15) is 9.59 Å². The van der Waals surface area contributed by atoms with Gasteiger partial charge < -0.3 is 5.43 Å². The van der Waals surface area contributed by atoms with Crippen LogP contribution in [0, 0.1) is 20.8 Å². The molecule has 4 nitrogen and oxygen atoms in total. The number of nitrogens with one attached hydrogen (secondary N) is 1. The monoisotopic (exact) mass is 234 g/mol. The SMILES string of the molecule is CC(=O)c1c(C)c(NN)c(C)c(C(C)=O)c1C. The van der Waals surface area contributed by atoms with Crippen molar-refractivity contribution in [2.24, 2.45) is 5.84 Å². The number of carbonyl (C=O) groups excluding carboxylic acids is 2. The van der Waals surface area contributed by atoms with Gasteiger partial charge in [0, 0.05) is 11.1 Å². The quantitative estimate of drug-likeness (QED) is 0.478. The van der Waals surface area contributed by atoms with Crippen LogP contribution in [0.1, 0.15) is 51.3 Å². The van der Waals surface area contributed by atoms with Crippen LogP contribution in [0.4, 0.5) is 5.69 Å². The summed E-state index contributed by atoms with van der Waals surface area (Å²) in [5.41, 5.74) is 6.71. The Morgan fingerprint density at radius 3 is 1.47 bits per heavy atom. The first-order valence-corrected chi connectivity index (χ1v) is 5.45. The van der Waals surface area contributed by atoms with Crippen LogP contribution in [-0.2, 0) is 0 Å². The van der Waals surface area contributed by atoms with E-state index in [1.165, 1.54) is 13.8 Å². The Kier molecular flexibility index (Phi) is 3.68. The fourth-order valence-corrected chi connectivity index (χ4v) is 2.49. The average molecular weight is 234 g/mol. The lowest BCUT2D eigenvalue weighted by Gasteiger charge is -2.19. The summed E-state index contributed by atoms with van der Waals surface area (Å²) in [6, 6.07) is 0. The molecule has 0 aliphatic carbocycles. The smallest absolute Gasteiger partial charge is 0.160 e. The van der Waals surface area contributed by atoms with Crippen LogP contribution in [-0.4, -0.2) is 11.6 Å². The Morgan fingerprint density at radius 2 is 1.24 bits per heavy atom. The second-order valence-corrected chi connectivity index (χ2v) is 4.26. The van der Waals surface area contributed by atoms with E-state index in [0.29, 0.717) is 16.8 Å². The first-order valence-electron chi connectivity index (χ1n) is 5.45. The van der Waals surface area contributed by atoms with E-state index in [0.717, 1.165) is 16.7 Å². The van der Waals surface area contributed by atoms with Crippen LogP contribution in [0.25, 0.3) is 0 Å². The van der Waals surface area contributed by atoms with Gasteiger partial charge in [-0.25, -0.2) is 0 Å². The lowest BCUT2D eigenvalue weighted by atomic mass is 9.88. The fourth-order valence-electron chi connectivity index (χ4n) is 2.49. The summed E-state index contributed by atoms with van der Waals surface area (Å²) in [6.07, 6.45) is 0. The maximum Gasteiger partial charge on any atom is 0.160 e. The average Bonchev–Trinajstić information content (AvgIpc) is 2.16. The van der Waals surface area contributed by atoms with Gasteiger partial charge in [0.1, 0.15) is 0 Å². The number of anilines is 1. The zero-order valence-corrected chi connectivity index (χ0v) is 10.9. The number of Topliss-reactive ketones (excluding diaryl/α,β-unsaturated/α-hetero) is 2.